The number of carbonyl (C=O) groups excluding carboxylic acids is 1. The molecule has 0 heterocycles. The van der Waals surface area contributed by atoms with Crippen molar-refractivity contribution in [2.75, 3.05) is 6.54 Å². The van der Waals surface area contributed by atoms with Gasteiger partial charge in [0.15, 0.2) is 0 Å². The Bertz CT molecular complexity index is 431. The first kappa shape index (κ1) is 12.2. The van der Waals surface area contributed by atoms with E-state index in [-0.39, 0.29) is 6.54 Å². The lowest BCUT2D eigenvalue weighted by molar-refractivity contribution is -0.137. The first-order valence-corrected chi connectivity index (χ1v) is 4.41. The van der Waals surface area contributed by atoms with Crippen molar-refractivity contribution in [3.8, 4) is 0 Å². The fourth-order valence-electron chi connectivity index (χ4n) is 1.10. The van der Waals surface area contributed by atoms with Crippen molar-refractivity contribution in [3.63, 3.8) is 0 Å². The number of hydrogen-bond donors (Lipinski definition) is 0. The molecule has 0 atom stereocenters. The molecule has 0 N–H and O–H groups in total. The Hall–Kier alpha value is -1.87. The largest absolute Gasteiger partial charge is 0.416 e. The molecular weight excluding hydrogens is 219 g/mol. The summed E-state index contributed by atoms with van der Waals surface area (Å²) in [6.45, 7) is 0.111. The molecule has 84 valence electrons. The molecule has 0 aliphatic carbocycles. The van der Waals surface area contributed by atoms with E-state index in [2.05, 4.69) is 4.99 Å². The van der Waals surface area contributed by atoms with E-state index in [1.54, 1.807) is 0 Å². The second kappa shape index (κ2) is 5.28. The molecule has 0 aromatic heterocycles. The van der Waals surface area contributed by atoms with E-state index in [9.17, 15) is 18.0 Å². The molecule has 1 aromatic carbocycles. The van der Waals surface area contributed by atoms with Crippen LogP contribution < -0.4 is 0 Å². The zero-order chi connectivity index (χ0) is 12.0. The van der Waals surface area contributed by atoms with Gasteiger partial charge in [-0.15, -0.1) is 0 Å². The SMILES string of the molecule is O=C=NC/C=C\c1cccc(C(F)(F)F)c1. The zero-order valence-electron chi connectivity index (χ0n) is 8.16. The monoisotopic (exact) mass is 227 g/mol. The summed E-state index contributed by atoms with van der Waals surface area (Å²) in [6, 6.07) is 4.89. The van der Waals surface area contributed by atoms with E-state index in [1.807, 2.05) is 0 Å². The van der Waals surface area contributed by atoms with Crippen LogP contribution in [-0.4, -0.2) is 12.6 Å². The third-order valence-corrected chi connectivity index (χ3v) is 1.79. The lowest BCUT2D eigenvalue weighted by Gasteiger charge is -2.06. The molecule has 0 aliphatic rings. The van der Waals surface area contributed by atoms with Crippen molar-refractivity contribution < 1.29 is 18.0 Å². The summed E-state index contributed by atoms with van der Waals surface area (Å²) < 4.78 is 37.0. The van der Waals surface area contributed by atoms with Crippen molar-refractivity contribution in [2.24, 2.45) is 4.99 Å². The summed E-state index contributed by atoms with van der Waals surface area (Å²) in [5, 5.41) is 0. The van der Waals surface area contributed by atoms with Crippen LogP contribution in [0, 0.1) is 0 Å². The van der Waals surface area contributed by atoms with Crippen LogP contribution in [0.1, 0.15) is 11.1 Å². The summed E-state index contributed by atoms with van der Waals surface area (Å²) in [5.74, 6) is 0. The second-order valence-electron chi connectivity index (χ2n) is 2.96. The Balaban J connectivity index is 2.83. The lowest BCUT2D eigenvalue weighted by Crippen LogP contribution is -2.04. The zero-order valence-corrected chi connectivity index (χ0v) is 8.16. The van der Waals surface area contributed by atoms with Crippen LogP contribution in [0.4, 0.5) is 13.2 Å². The highest BCUT2D eigenvalue weighted by atomic mass is 19.4. The standard InChI is InChI=1S/C11H8F3NO/c12-11(13,14)10-5-1-3-9(7-10)4-2-6-15-8-16/h1-5,7H,6H2/b4-2-. The highest BCUT2D eigenvalue weighted by molar-refractivity contribution is 5.51. The van der Waals surface area contributed by atoms with Crippen molar-refractivity contribution in [2.45, 2.75) is 6.18 Å². The number of hydrogen-bond acceptors (Lipinski definition) is 2. The Morgan fingerprint density at radius 3 is 2.75 bits per heavy atom. The molecule has 2 nitrogen and oxygen atoms in total. The molecule has 1 rings (SSSR count). The maximum absolute atomic E-state index is 12.3. The molecular formula is C11H8F3NO. The predicted molar refractivity (Wildman–Crippen MR) is 53.5 cm³/mol. The first-order chi connectivity index (χ1) is 7.54. The molecule has 0 saturated carbocycles. The van der Waals surface area contributed by atoms with Crippen LogP contribution in [-0.2, 0) is 11.0 Å². The summed E-state index contributed by atoms with van der Waals surface area (Å²) in [6.07, 6.45) is -0.0543. The van der Waals surface area contributed by atoms with E-state index in [0.29, 0.717) is 5.56 Å². The predicted octanol–water partition coefficient (Wildman–Crippen LogP) is 3.05. The smallest absolute Gasteiger partial charge is 0.211 e. The van der Waals surface area contributed by atoms with Crippen LogP contribution in [0.15, 0.2) is 35.3 Å². The molecule has 0 fully saturated rings. The van der Waals surface area contributed by atoms with Gasteiger partial charge in [-0.05, 0) is 17.7 Å². The van der Waals surface area contributed by atoms with Gasteiger partial charge in [0.05, 0.1) is 12.1 Å². The minimum Gasteiger partial charge on any atom is -0.211 e. The van der Waals surface area contributed by atoms with E-state index in [1.165, 1.54) is 30.4 Å². The van der Waals surface area contributed by atoms with Crippen LogP contribution in [0.25, 0.3) is 6.08 Å². The van der Waals surface area contributed by atoms with Gasteiger partial charge >= 0.3 is 6.18 Å². The van der Waals surface area contributed by atoms with Gasteiger partial charge in [-0.3, -0.25) is 0 Å². The van der Waals surface area contributed by atoms with Gasteiger partial charge in [-0.25, -0.2) is 9.79 Å². The van der Waals surface area contributed by atoms with Gasteiger partial charge in [0, 0.05) is 0 Å². The molecule has 5 heteroatoms. The normalized spacial score (nSPS) is 11.4. The van der Waals surface area contributed by atoms with Crippen molar-refractivity contribution >= 4 is 12.2 Å². The van der Waals surface area contributed by atoms with Crippen LogP contribution >= 0.6 is 0 Å². The quantitative estimate of drug-likeness (QED) is 0.576. The fraction of sp³-hybridized carbons (Fsp3) is 0.182. The summed E-state index contributed by atoms with van der Waals surface area (Å²) in [7, 11) is 0. The highest BCUT2D eigenvalue weighted by Crippen LogP contribution is 2.29. The second-order valence-corrected chi connectivity index (χ2v) is 2.96. The molecule has 0 radical (unpaired) electrons. The van der Waals surface area contributed by atoms with Crippen molar-refractivity contribution in [1.29, 1.82) is 0 Å². The molecule has 1 aromatic rings. The molecule has 0 aliphatic heterocycles. The van der Waals surface area contributed by atoms with Crippen molar-refractivity contribution in [3.05, 3.63) is 41.5 Å². The van der Waals surface area contributed by atoms with Crippen LogP contribution in [0.2, 0.25) is 0 Å². The minimum absolute atomic E-state index is 0.111. The molecule has 0 unspecified atom stereocenters. The van der Waals surface area contributed by atoms with Crippen LogP contribution in [0.5, 0.6) is 0 Å². The average Bonchev–Trinajstić information content (AvgIpc) is 2.24. The Labute approximate surface area is 90.1 Å². The third kappa shape index (κ3) is 3.71. The van der Waals surface area contributed by atoms with Gasteiger partial charge in [-0.1, -0.05) is 24.3 Å². The Morgan fingerprint density at radius 2 is 2.12 bits per heavy atom. The van der Waals surface area contributed by atoms with E-state index < -0.39 is 11.7 Å². The first-order valence-electron chi connectivity index (χ1n) is 4.41. The number of benzene rings is 1. The van der Waals surface area contributed by atoms with Gasteiger partial charge < -0.3 is 0 Å². The molecule has 0 bridgehead atoms. The fourth-order valence-corrected chi connectivity index (χ4v) is 1.10. The third-order valence-electron chi connectivity index (χ3n) is 1.79. The molecule has 0 amide bonds. The van der Waals surface area contributed by atoms with Gasteiger partial charge in [-0.2, -0.15) is 13.2 Å². The number of halogens is 3. The number of rotatable bonds is 3. The topological polar surface area (TPSA) is 29.4 Å². The van der Waals surface area contributed by atoms with E-state index in [4.69, 9.17) is 0 Å². The van der Waals surface area contributed by atoms with E-state index >= 15 is 0 Å². The van der Waals surface area contributed by atoms with Crippen LogP contribution in [0.3, 0.4) is 0 Å². The molecule has 0 spiro atoms. The van der Waals surface area contributed by atoms with Crippen molar-refractivity contribution in [1.82, 2.24) is 0 Å². The highest BCUT2D eigenvalue weighted by Gasteiger charge is 2.30. The maximum Gasteiger partial charge on any atom is 0.416 e. The van der Waals surface area contributed by atoms with E-state index in [0.717, 1.165) is 12.1 Å². The minimum atomic E-state index is -4.34. The van der Waals surface area contributed by atoms with Gasteiger partial charge in [0.1, 0.15) is 0 Å². The average molecular weight is 227 g/mol. The number of alkyl halides is 3. The lowest BCUT2D eigenvalue weighted by atomic mass is 10.1. The number of aliphatic imine (C=N–C) groups is 1. The Kier molecular flexibility index (Phi) is 4.03. The Morgan fingerprint density at radius 1 is 1.38 bits per heavy atom. The maximum atomic E-state index is 12.3. The van der Waals surface area contributed by atoms with Gasteiger partial charge in [0.2, 0.25) is 6.08 Å². The van der Waals surface area contributed by atoms with Gasteiger partial charge in [0.25, 0.3) is 0 Å². The summed E-state index contributed by atoms with van der Waals surface area (Å²) in [4.78, 5) is 13.0. The number of nitrogens with zero attached hydrogens (tertiary/aromatic N) is 1. The molecule has 0 saturated heterocycles. The summed E-state index contributed by atoms with van der Waals surface area (Å²) >= 11 is 0. The molecule has 16 heavy (non-hydrogen) atoms. The summed E-state index contributed by atoms with van der Waals surface area (Å²) in [5.41, 5.74) is -0.288. The number of isocyanates is 1.